The molecule has 0 radical (unpaired) electrons. The molecule has 15 heavy (non-hydrogen) atoms. The number of benzene rings is 1. The van der Waals surface area contributed by atoms with Gasteiger partial charge in [-0.05, 0) is 18.2 Å². The van der Waals surface area contributed by atoms with Gasteiger partial charge in [0.25, 0.3) is 0 Å². The molecule has 0 aliphatic carbocycles. The predicted octanol–water partition coefficient (Wildman–Crippen LogP) is 2.99. The van der Waals surface area contributed by atoms with Crippen molar-refractivity contribution in [1.29, 1.82) is 0 Å². The van der Waals surface area contributed by atoms with Crippen LogP contribution >= 0.6 is 0 Å². The molecule has 0 saturated carbocycles. The molecule has 74 valence electrons. The van der Waals surface area contributed by atoms with Crippen molar-refractivity contribution in [2.24, 2.45) is 0 Å². The monoisotopic (exact) mass is 199 g/mol. The zero-order valence-electron chi connectivity index (χ0n) is 8.23. The number of ether oxygens (including phenoxy) is 1. The van der Waals surface area contributed by atoms with E-state index in [0.29, 0.717) is 5.88 Å². The summed E-state index contributed by atoms with van der Waals surface area (Å²) in [6, 6.07) is 9.73. The Kier molecular flexibility index (Phi) is 1.65. The van der Waals surface area contributed by atoms with Crippen molar-refractivity contribution in [2.75, 3.05) is 7.11 Å². The van der Waals surface area contributed by atoms with E-state index < -0.39 is 0 Å². The Hall–Kier alpha value is -2.03. The van der Waals surface area contributed by atoms with Gasteiger partial charge in [0.2, 0.25) is 5.88 Å². The molecule has 0 fully saturated rings. The average molecular weight is 199 g/mol. The summed E-state index contributed by atoms with van der Waals surface area (Å²) in [6.07, 6.45) is 1.65. The number of para-hydroxylation sites is 1. The van der Waals surface area contributed by atoms with E-state index in [1.165, 1.54) is 0 Å². The lowest BCUT2D eigenvalue weighted by Gasteiger charge is -2.03. The molecule has 3 rings (SSSR count). The third-order valence-electron chi connectivity index (χ3n) is 2.46. The Morgan fingerprint density at radius 1 is 1.13 bits per heavy atom. The standard InChI is InChI=1S/C12H9NO2/c1-14-12-9-6-7-15-11(9)8-4-2-3-5-10(8)13-12/h2-7H,1H3. The topological polar surface area (TPSA) is 35.3 Å². The quantitative estimate of drug-likeness (QED) is 0.604. The molecule has 0 atom stereocenters. The first-order valence-corrected chi connectivity index (χ1v) is 4.70. The smallest absolute Gasteiger partial charge is 0.225 e. The summed E-state index contributed by atoms with van der Waals surface area (Å²) in [5.74, 6) is 0.609. The molecule has 0 saturated heterocycles. The maximum Gasteiger partial charge on any atom is 0.225 e. The Labute approximate surface area is 86.3 Å². The molecule has 0 aliphatic rings. The van der Waals surface area contributed by atoms with Crippen LogP contribution < -0.4 is 4.74 Å². The number of fused-ring (bicyclic) bond motifs is 3. The third-order valence-corrected chi connectivity index (χ3v) is 2.46. The van der Waals surface area contributed by atoms with Crippen LogP contribution in [0, 0.1) is 0 Å². The molecule has 0 unspecified atom stereocenters. The van der Waals surface area contributed by atoms with Gasteiger partial charge < -0.3 is 9.15 Å². The van der Waals surface area contributed by atoms with E-state index in [9.17, 15) is 0 Å². The van der Waals surface area contributed by atoms with Crippen LogP contribution in [0.4, 0.5) is 0 Å². The van der Waals surface area contributed by atoms with E-state index in [2.05, 4.69) is 4.98 Å². The largest absolute Gasteiger partial charge is 0.480 e. The molecule has 3 heteroatoms. The van der Waals surface area contributed by atoms with Crippen LogP contribution in [-0.4, -0.2) is 12.1 Å². The predicted molar refractivity (Wildman–Crippen MR) is 58.1 cm³/mol. The number of methoxy groups -OCH3 is 1. The van der Waals surface area contributed by atoms with Gasteiger partial charge in [-0.15, -0.1) is 0 Å². The van der Waals surface area contributed by atoms with Crippen molar-refractivity contribution in [2.45, 2.75) is 0 Å². The van der Waals surface area contributed by atoms with Crippen LogP contribution in [0.5, 0.6) is 5.88 Å². The summed E-state index contributed by atoms with van der Waals surface area (Å²) in [7, 11) is 1.61. The van der Waals surface area contributed by atoms with Crippen LogP contribution in [0.1, 0.15) is 0 Å². The highest BCUT2D eigenvalue weighted by molar-refractivity contribution is 6.04. The molecule has 0 aliphatic heterocycles. The fourth-order valence-corrected chi connectivity index (χ4v) is 1.77. The van der Waals surface area contributed by atoms with Crippen molar-refractivity contribution >= 4 is 21.9 Å². The Bertz CT molecular complexity index is 628. The fraction of sp³-hybridized carbons (Fsp3) is 0.0833. The lowest BCUT2D eigenvalue weighted by atomic mass is 10.2. The second-order valence-corrected chi connectivity index (χ2v) is 3.30. The second-order valence-electron chi connectivity index (χ2n) is 3.30. The lowest BCUT2D eigenvalue weighted by molar-refractivity contribution is 0.405. The van der Waals surface area contributed by atoms with E-state index in [-0.39, 0.29) is 0 Å². The van der Waals surface area contributed by atoms with E-state index in [1.807, 2.05) is 30.3 Å². The highest BCUT2D eigenvalue weighted by Crippen LogP contribution is 2.30. The molecule has 3 nitrogen and oxygen atoms in total. The normalized spacial score (nSPS) is 11.0. The van der Waals surface area contributed by atoms with Crippen molar-refractivity contribution in [3.05, 3.63) is 36.6 Å². The molecule has 0 N–H and O–H groups in total. The van der Waals surface area contributed by atoms with Crippen LogP contribution in [0.3, 0.4) is 0 Å². The minimum Gasteiger partial charge on any atom is -0.480 e. The maximum absolute atomic E-state index is 5.45. The average Bonchev–Trinajstić information content (AvgIpc) is 2.77. The number of pyridine rings is 1. The minimum absolute atomic E-state index is 0.609. The summed E-state index contributed by atoms with van der Waals surface area (Å²) < 4.78 is 10.7. The summed E-state index contributed by atoms with van der Waals surface area (Å²) >= 11 is 0. The van der Waals surface area contributed by atoms with E-state index in [4.69, 9.17) is 9.15 Å². The van der Waals surface area contributed by atoms with Crippen LogP contribution in [0.2, 0.25) is 0 Å². The van der Waals surface area contributed by atoms with Crippen LogP contribution in [0.15, 0.2) is 41.0 Å². The summed E-state index contributed by atoms with van der Waals surface area (Å²) in [5, 5.41) is 1.93. The van der Waals surface area contributed by atoms with Gasteiger partial charge in [0.15, 0.2) is 0 Å². The van der Waals surface area contributed by atoms with Crippen LogP contribution in [0.25, 0.3) is 21.9 Å². The molecule has 2 heterocycles. The highest BCUT2D eigenvalue weighted by Gasteiger charge is 2.10. The van der Waals surface area contributed by atoms with E-state index in [0.717, 1.165) is 21.9 Å². The first kappa shape index (κ1) is 8.29. The molecule has 2 aromatic heterocycles. The number of hydrogen-bond acceptors (Lipinski definition) is 3. The van der Waals surface area contributed by atoms with Crippen molar-refractivity contribution in [3.63, 3.8) is 0 Å². The van der Waals surface area contributed by atoms with Crippen molar-refractivity contribution in [3.8, 4) is 5.88 Å². The summed E-state index contributed by atoms with van der Waals surface area (Å²) in [4.78, 5) is 4.41. The highest BCUT2D eigenvalue weighted by atomic mass is 16.5. The van der Waals surface area contributed by atoms with E-state index in [1.54, 1.807) is 13.4 Å². The van der Waals surface area contributed by atoms with E-state index >= 15 is 0 Å². The summed E-state index contributed by atoms with van der Waals surface area (Å²) in [6.45, 7) is 0. The summed E-state index contributed by atoms with van der Waals surface area (Å²) in [5.41, 5.74) is 1.72. The Morgan fingerprint density at radius 2 is 2.00 bits per heavy atom. The zero-order chi connectivity index (χ0) is 10.3. The number of hydrogen-bond donors (Lipinski definition) is 0. The van der Waals surface area contributed by atoms with Gasteiger partial charge in [-0.1, -0.05) is 12.1 Å². The number of aromatic nitrogens is 1. The maximum atomic E-state index is 5.45. The van der Waals surface area contributed by atoms with Gasteiger partial charge in [0, 0.05) is 5.39 Å². The Balaban J connectivity index is 2.57. The minimum atomic E-state index is 0.609. The van der Waals surface area contributed by atoms with Crippen molar-refractivity contribution < 1.29 is 9.15 Å². The first-order valence-electron chi connectivity index (χ1n) is 4.70. The zero-order valence-corrected chi connectivity index (χ0v) is 8.23. The number of furan rings is 1. The third kappa shape index (κ3) is 1.09. The van der Waals surface area contributed by atoms with Crippen molar-refractivity contribution in [1.82, 2.24) is 4.98 Å². The number of nitrogens with zero attached hydrogens (tertiary/aromatic N) is 1. The molecule has 0 spiro atoms. The first-order chi connectivity index (χ1) is 7.40. The lowest BCUT2D eigenvalue weighted by Crippen LogP contribution is -1.89. The van der Waals surface area contributed by atoms with Gasteiger partial charge in [0.05, 0.1) is 24.3 Å². The molecular weight excluding hydrogens is 190 g/mol. The van der Waals surface area contributed by atoms with Gasteiger partial charge in [-0.3, -0.25) is 0 Å². The van der Waals surface area contributed by atoms with Gasteiger partial charge >= 0.3 is 0 Å². The van der Waals surface area contributed by atoms with Gasteiger partial charge in [0.1, 0.15) is 5.58 Å². The SMILES string of the molecule is COc1nc2ccccc2c2occc12. The van der Waals surface area contributed by atoms with Crippen LogP contribution in [-0.2, 0) is 0 Å². The fourth-order valence-electron chi connectivity index (χ4n) is 1.77. The number of rotatable bonds is 1. The molecule has 0 bridgehead atoms. The Morgan fingerprint density at radius 3 is 2.87 bits per heavy atom. The molecule has 3 aromatic rings. The molecular formula is C12H9NO2. The van der Waals surface area contributed by atoms with Gasteiger partial charge in [-0.2, -0.15) is 0 Å². The molecule has 0 amide bonds. The van der Waals surface area contributed by atoms with Gasteiger partial charge in [-0.25, -0.2) is 4.98 Å². The second kappa shape index (κ2) is 2.98. The molecule has 1 aromatic carbocycles.